The summed E-state index contributed by atoms with van der Waals surface area (Å²) in [5, 5.41) is 2.80. The first-order chi connectivity index (χ1) is 12.4. The average molecular weight is 466 g/mol. The van der Waals surface area contributed by atoms with Crippen molar-refractivity contribution in [3.63, 3.8) is 0 Å². The minimum absolute atomic E-state index is 0.696. The van der Waals surface area contributed by atoms with E-state index in [2.05, 4.69) is 77.1 Å². The van der Waals surface area contributed by atoms with Crippen LogP contribution in [0.3, 0.4) is 0 Å². The number of fused-ring (bicyclic) bond motifs is 1. The van der Waals surface area contributed by atoms with Gasteiger partial charge in [-0.1, -0.05) is 61.2 Å². The van der Waals surface area contributed by atoms with Gasteiger partial charge in [-0.25, -0.2) is 0 Å². The van der Waals surface area contributed by atoms with Crippen LogP contribution in [0, 0.1) is 19.8 Å². The van der Waals surface area contributed by atoms with Crippen LogP contribution in [0.4, 0.5) is 0 Å². The Kier molecular flexibility index (Phi) is 8.53. The van der Waals surface area contributed by atoms with Crippen molar-refractivity contribution in [2.75, 3.05) is 0 Å². The summed E-state index contributed by atoms with van der Waals surface area (Å²) in [6, 6.07) is 16.3. The zero-order valence-electron chi connectivity index (χ0n) is 16.3. The molecule has 0 aliphatic carbocycles. The first kappa shape index (κ1) is 21.8. The molecule has 0 amide bonds. The van der Waals surface area contributed by atoms with E-state index in [1.54, 1.807) is 0 Å². The summed E-state index contributed by atoms with van der Waals surface area (Å²) in [6.45, 7) is 11.2. The summed E-state index contributed by atoms with van der Waals surface area (Å²) >= 11 is -0.826. The van der Waals surface area contributed by atoms with E-state index in [1.165, 1.54) is 44.2 Å². The first-order valence-corrected chi connectivity index (χ1v) is 15.5. The molecule has 138 valence electrons. The number of hydrogen-bond acceptors (Lipinski definition) is 0. The molecule has 0 aromatic heterocycles. The van der Waals surface area contributed by atoms with Crippen molar-refractivity contribution in [1.82, 2.24) is 0 Å². The molecule has 0 unspecified atom stereocenters. The van der Waals surface area contributed by atoms with Crippen LogP contribution in [0.15, 0.2) is 42.5 Å². The van der Waals surface area contributed by atoms with Crippen molar-refractivity contribution in [2.45, 2.75) is 47.5 Å². The number of hydrogen-bond donors (Lipinski definition) is 0. The predicted molar refractivity (Wildman–Crippen MR) is 114 cm³/mol. The van der Waals surface area contributed by atoms with Crippen LogP contribution in [-0.4, -0.2) is 0 Å². The monoisotopic (exact) mass is 463 g/mol. The number of benzene rings is 2. The molecule has 0 saturated carbocycles. The molecule has 3 aromatic carbocycles. The summed E-state index contributed by atoms with van der Waals surface area (Å²) in [4.78, 5) is 0. The third-order valence-corrected chi connectivity index (χ3v) is 4.57. The third-order valence-electron chi connectivity index (χ3n) is 4.57. The van der Waals surface area contributed by atoms with E-state index < -0.39 is 20.8 Å². The van der Waals surface area contributed by atoms with Crippen LogP contribution < -0.4 is 0 Å². The van der Waals surface area contributed by atoms with Gasteiger partial charge in [-0.15, -0.1) is 34.5 Å². The van der Waals surface area contributed by atoms with Crippen LogP contribution in [0.5, 0.6) is 0 Å². The van der Waals surface area contributed by atoms with Crippen molar-refractivity contribution in [3.8, 4) is 11.1 Å². The summed E-state index contributed by atoms with van der Waals surface area (Å²) in [5.41, 5.74) is 8.40. The molecule has 3 heteroatoms. The molecule has 0 nitrogen and oxygen atoms in total. The summed E-state index contributed by atoms with van der Waals surface area (Å²) in [6.07, 6.45) is 2.23. The molecule has 0 spiro atoms. The Morgan fingerprint density at radius 1 is 1.00 bits per heavy atom. The molecule has 3 aromatic rings. The summed E-state index contributed by atoms with van der Waals surface area (Å²) < 4.78 is 0. The van der Waals surface area contributed by atoms with Crippen molar-refractivity contribution < 1.29 is 20.8 Å². The molecule has 0 radical (unpaired) electrons. The van der Waals surface area contributed by atoms with Gasteiger partial charge in [-0.05, 0) is 38.2 Å². The second-order valence-electron chi connectivity index (χ2n) is 7.37. The van der Waals surface area contributed by atoms with Crippen molar-refractivity contribution in [1.29, 1.82) is 0 Å². The van der Waals surface area contributed by atoms with Crippen LogP contribution in [0.2, 0.25) is 0 Å². The average Bonchev–Trinajstić information content (AvgIpc) is 2.94. The fourth-order valence-corrected chi connectivity index (χ4v) is 3.73. The van der Waals surface area contributed by atoms with Gasteiger partial charge in [0.05, 0.1) is 0 Å². The first-order valence-electron chi connectivity index (χ1n) is 9.15. The Hall–Kier alpha value is -0.487. The Morgan fingerprint density at radius 3 is 2.15 bits per heavy atom. The Labute approximate surface area is 176 Å². The number of aryl methyl sites for hydroxylation is 3. The van der Waals surface area contributed by atoms with Gasteiger partial charge < -0.3 is 0 Å². The SMILES string of the molecule is CCc1ccc2[cH-]c(CC(C)C)cc2c1-c1cc(C)cc(C)c1.[Cl][Zr][Cl]. The number of rotatable bonds is 4. The minimum atomic E-state index is -0.826. The van der Waals surface area contributed by atoms with Crippen LogP contribution >= 0.6 is 17.0 Å². The van der Waals surface area contributed by atoms with Gasteiger partial charge >= 0.3 is 37.9 Å². The van der Waals surface area contributed by atoms with Gasteiger partial charge in [0.2, 0.25) is 0 Å². The molecule has 0 heterocycles. The van der Waals surface area contributed by atoms with Crippen molar-refractivity contribution in [3.05, 3.63) is 64.7 Å². The van der Waals surface area contributed by atoms with E-state index in [0.29, 0.717) is 5.92 Å². The molecule has 0 bridgehead atoms. The Morgan fingerprint density at radius 2 is 1.62 bits per heavy atom. The van der Waals surface area contributed by atoms with E-state index in [0.717, 1.165) is 12.8 Å². The summed E-state index contributed by atoms with van der Waals surface area (Å²) in [7, 11) is 9.87. The Bertz CT molecular complexity index is 842. The fourth-order valence-electron chi connectivity index (χ4n) is 3.73. The van der Waals surface area contributed by atoms with Gasteiger partial charge in [0.15, 0.2) is 0 Å². The summed E-state index contributed by atoms with van der Waals surface area (Å²) in [5.74, 6) is 0.696. The molecule has 0 saturated heterocycles. The molecule has 0 N–H and O–H groups in total. The predicted octanol–water partition coefficient (Wildman–Crippen LogP) is 7.98. The second-order valence-corrected chi connectivity index (χ2v) is 11.1. The van der Waals surface area contributed by atoms with Gasteiger partial charge in [-0.3, -0.25) is 0 Å². The normalized spacial score (nSPS) is 10.8. The molecule has 0 aliphatic heterocycles. The number of halogens is 2. The van der Waals surface area contributed by atoms with E-state index in [1.807, 2.05) is 0 Å². The maximum absolute atomic E-state index is 4.93. The molecule has 26 heavy (non-hydrogen) atoms. The van der Waals surface area contributed by atoms with E-state index in [4.69, 9.17) is 17.0 Å². The van der Waals surface area contributed by atoms with Crippen molar-refractivity contribution >= 4 is 27.8 Å². The maximum atomic E-state index is 4.93. The fraction of sp³-hybridized carbons (Fsp3) is 0.348. The van der Waals surface area contributed by atoms with Crippen LogP contribution in [0.1, 0.15) is 43.0 Å². The van der Waals surface area contributed by atoms with Gasteiger partial charge in [0.25, 0.3) is 0 Å². The second kappa shape index (κ2) is 10.2. The van der Waals surface area contributed by atoms with Crippen LogP contribution in [-0.2, 0) is 33.7 Å². The van der Waals surface area contributed by atoms with Gasteiger partial charge in [0, 0.05) is 0 Å². The van der Waals surface area contributed by atoms with Crippen molar-refractivity contribution in [2.24, 2.45) is 5.92 Å². The Balaban J connectivity index is 0.000000758. The van der Waals surface area contributed by atoms with E-state index in [9.17, 15) is 0 Å². The topological polar surface area (TPSA) is 0 Å². The zero-order valence-corrected chi connectivity index (χ0v) is 20.3. The van der Waals surface area contributed by atoms with Gasteiger partial charge in [0.1, 0.15) is 0 Å². The quantitative estimate of drug-likeness (QED) is 0.343. The molecular formula is C23H27Cl2Zr-. The van der Waals surface area contributed by atoms with Crippen LogP contribution in [0.25, 0.3) is 21.9 Å². The van der Waals surface area contributed by atoms with E-state index >= 15 is 0 Å². The van der Waals surface area contributed by atoms with E-state index in [-0.39, 0.29) is 0 Å². The molecule has 0 atom stereocenters. The molecular weight excluding hydrogens is 438 g/mol. The zero-order chi connectivity index (χ0) is 19.3. The third kappa shape index (κ3) is 5.51. The van der Waals surface area contributed by atoms with Gasteiger partial charge in [-0.2, -0.15) is 6.07 Å². The molecule has 0 fully saturated rings. The standard InChI is InChI=1S/C23H27.2ClH.Zr/c1-6-19-7-8-20-13-18(9-15(2)3)14-22(20)23(19)21-11-16(4)10-17(5)12-21;;;/h7-8,10-15H,6,9H2,1-5H3;2*1H;/q-1;;;+2/p-2. The molecule has 0 aliphatic rings. The molecule has 3 rings (SSSR count).